The standard InChI is InChI=1S/C39H49N3O5/c1-25(43)47-20-33(45)39(16-13-32-30-10-7-27-17-29(44)11-14-35(27,2)31(30)12-15-36(32,39)3)24-42(4)28-8-5-26(6-9-28)18-37-21-38(22-37,23-37)41-34(46)19-40/h5-6,8-9,11,14,17,19,30-32,40H,7,10,12-13,15-16,18,20-24H2,1-4H3,(H,41,46). The number of fused-ring (bicyclic) bond motifs is 5. The third-order valence-electron chi connectivity index (χ3n) is 14.0. The first kappa shape index (κ1) is 32.0. The van der Waals surface area contributed by atoms with Gasteiger partial charge in [0.2, 0.25) is 0 Å². The number of amides is 1. The van der Waals surface area contributed by atoms with Gasteiger partial charge in [-0.1, -0.05) is 37.6 Å². The SMILES string of the molecule is CC(=O)OCC(=O)C1(CN(C)c2ccc(CC34CC(NC(=O)C=N)(C3)C4)cc2)CCC2C3CCC4=CC(=O)C=CC4(C)C3CCC21C. The molecular formula is C39H49N3O5. The zero-order chi connectivity index (χ0) is 33.4. The number of rotatable bonds is 10. The number of nitrogens with one attached hydrogen (secondary N) is 2. The van der Waals surface area contributed by atoms with Crippen LogP contribution < -0.4 is 10.2 Å². The van der Waals surface area contributed by atoms with Crippen LogP contribution in [0.5, 0.6) is 0 Å². The summed E-state index contributed by atoms with van der Waals surface area (Å²) in [5.74, 6) is 0.742. The Kier molecular flexibility index (Phi) is 7.49. The van der Waals surface area contributed by atoms with E-state index in [1.54, 1.807) is 6.08 Å². The molecule has 7 aliphatic carbocycles. The van der Waals surface area contributed by atoms with Gasteiger partial charge in [0.25, 0.3) is 5.91 Å². The average Bonchev–Trinajstić information content (AvgIpc) is 3.31. The minimum absolute atomic E-state index is 0.0399. The highest BCUT2D eigenvalue weighted by Gasteiger charge is 2.68. The Hall–Kier alpha value is -3.55. The molecule has 1 aromatic carbocycles. The maximum atomic E-state index is 14.4. The molecule has 6 fully saturated rings. The molecule has 0 aromatic heterocycles. The molecule has 0 radical (unpaired) electrons. The van der Waals surface area contributed by atoms with Gasteiger partial charge in [-0.2, -0.15) is 0 Å². The summed E-state index contributed by atoms with van der Waals surface area (Å²) in [6, 6.07) is 8.72. The Morgan fingerprint density at radius 1 is 1.04 bits per heavy atom. The molecule has 7 aliphatic rings. The Morgan fingerprint density at radius 3 is 2.43 bits per heavy atom. The summed E-state index contributed by atoms with van der Waals surface area (Å²) in [4.78, 5) is 52.3. The second-order valence-electron chi connectivity index (χ2n) is 16.5. The van der Waals surface area contributed by atoms with Gasteiger partial charge in [0.1, 0.15) is 0 Å². The third kappa shape index (κ3) is 4.95. The first-order chi connectivity index (χ1) is 22.3. The minimum Gasteiger partial charge on any atom is -0.458 e. The van der Waals surface area contributed by atoms with Gasteiger partial charge in [-0.25, -0.2) is 0 Å². The van der Waals surface area contributed by atoms with Crippen molar-refractivity contribution in [2.75, 3.05) is 25.1 Å². The van der Waals surface area contributed by atoms with Gasteiger partial charge in [0.05, 0.1) is 11.6 Å². The average molecular weight is 640 g/mol. The van der Waals surface area contributed by atoms with E-state index in [4.69, 9.17) is 10.1 Å². The number of hydrogen-bond donors (Lipinski definition) is 2. The van der Waals surface area contributed by atoms with E-state index in [-0.39, 0.29) is 45.9 Å². The van der Waals surface area contributed by atoms with Crippen molar-refractivity contribution in [2.45, 2.75) is 90.5 Å². The molecule has 8 rings (SSSR count). The molecule has 47 heavy (non-hydrogen) atoms. The van der Waals surface area contributed by atoms with Crippen LogP contribution in [0.1, 0.15) is 84.1 Å². The summed E-state index contributed by atoms with van der Waals surface area (Å²) in [7, 11) is 2.08. The molecular weight excluding hydrogens is 590 g/mol. The van der Waals surface area contributed by atoms with Crippen LogP contribution in [0.4, 0.5) is 5.69 Å². The molecule has 2 bridgehead atoms. The molecule has 0 saturated heterocycles. The van der Waals surface area contributed by atoms with Crippen molar-refractivity contribution in [3.05, 3.63) is 53.6 Å². The van der Waals surface area contributed by atoms with Crippen molar-refractivity contribution in [1.29, 1.82) is 5.41 Å². The van der Waals surface area contributed by atoms with Crippen LogP contribution in [0.2, 0.25) is 0 Å². The molecule has 1 amide bonds. The summed E-state index contributed by atoms with van der Waals surface area (Å²) in [6.07, 6.45) is 16.2. The maximum Gasteiger partial charge on any atom is 0.303 e. The van der Waals surface area contributed by atoms with Crippen LogP contribution in [-0.4, -0.2) is 55.4 Å². The predicted molar refractivity (Wildman–Crippen MR) is 180 cm³/mol. The van der Waals surface area contributed by atoms with Gasteiger partial charge in [-0.3, -0.25) is 19.2 Å². The zero-order valence-corrected chi connectivity index (χ0v) is 28.3. The second kappa shape index (κ2) is 11.0. The van der Waals surface area contributed by atoms with Crippen LogP contribution in [0.15, 0.2) is 48.1 Å². The summed E-state index contributed by atoms with van der Waals surface area (Å²) in [6.45, 7) is 6.42. The lowest BCUT2D eigenvalue weighted by molar-refractivity contribution is -0.161. The van der Waals surface area contributed by atoms with Crippen LogP contribution in [0.25, 0.3) is 0 Å². The normalized spacial score (nSPS) is 39.2. The highest BCUT2D eigenvalue weighted by atomic mass is 16.5. The van der Waals surface area contributed by atoms with Gasteiger partial charge in [-0.05, 0) is 123 Å². The number of benzene rings is 1. The molecule has 1 aromatic rings. The number of carbonyl (C=O) groups excluding carboxylic acids is 4. The van der Waals surface area contributed by atoms with E-state index in [1.807, 2.05) is 6.08 Å². The van der Waals surface area contributed by atoms with Crippen molar-refractivity contribution in [3.63, 3.8) is 0 Å². The molecule has 6 unspecified atom stereocenters. The van der Waals surface area contributed by atoms with E-state index in [9.17, 15) is 19.2 Å². The fraction of sp³-hybridized carbons (Fsp3) is 0.615. The fourth-order valence-electron chi connectivity index (χ4n) is 11.9. The summed E-state index contributed by atoms with van der Waals surface area (Å²) < 4.78 is 5.38. The highest BCUT2D eigenvalue weighted by Crippen LogP contribution is 2.70. The number of ketones is 2. The van der Waals surface area contributed by atoms with Crippen molar-refractivity contribution >= 4 is 35.3 Å². The monoisotopic (exact) mass is 639 g/mol. The van der Waals surface area contributed by atoms with E-state index in [0.29, 0.717) is 24.3 Å². The van der Waals surface area contributed by atoms with E-state index < -0.39 is 11.4 Å². The molecule has 250 valence electrons. The number of carbonyl (C=O) groups is 4. The maximum absolute atomic E-state index is 14.4. The van der Waals surface area contributed by atoms with Gasteiger partial charge in [0.15, 0.2) is 18.2 Å². The first-order valence-corrected chi connectivity index (χ1v) is 17.5. The van der Waals surface area contributed by atoms with Crippen molar-refractivity contribution in [1.82, 2.24) is 5.32 Å². The molecule has 0 spiro atoms. The smallest absolute Gasteiger partial charge is 0.303 e. The predicted octanol–water partition coefficient (Wildman–Crippen LogP) is 5.78. The topological polar surface area (TPSA) is 117 Å². The Bertz CT molecular complexity index is 1570. The lowest BCUT2D eigenvalue weighted by Crippen LogP contribution is -2.75. The number of hydrogen-bond acceptors (Lipinski definition) is 7. The van der Waals surface area contributed by atoms with Crippen LogP contribution in [0.3, 0.4) is 0 Å². The van der Waals surface area contributed by atoms with Crippen LogP contribution in [-0.2, 0) is 30.3 Å². The quantitative estimate of drug-likeness (QED) is 0.248. The third-order valence-corrected chi connectivity index (χ3v) is 14.0. The van der Waals surface area contributed by atoms with Crippen LogP contribution in [0, 0.1) is 44.8 Å². The number of Topliss-reactive ketones (excluding diaryl/α,β-unsaturated/α-hetero) is 1. The number of anilines is 1. The van der Waals surface area contributed by atoms with E-state index in [1.165, 1.54) is 18.1 Å². The second-order valence-corrected chi connectivity index (χ2v) is 16.5. The lowest BCUT2D eigenvalue weighted by Gasteiger charge is -2.71. The van der Waals surface area contributed by atoms with Crippen molar-refractivity contribution < 1.29 is 23.9 Å². The van der Waals surface area contributed by atoms with Crippen LogP contribution >= 0.6 is 0 Å². The number of esters is 1. The number of allylic oxidation sites excluding steroid dienone is 4. The highest BCUT2D eigenvalue weighted by molar-refractivity contribution is 6.25. The Balaban J connectivity index is 1.09. The van der Waals surface area contributed by atoms with Gasteiger partial charge in [0, 0.05) is 37.2 Å². The molecule has 0 heterocycles. The molecule has 8 heteroatoms. The lowest BCUT2D eigenvalue weighted by atomic mass is 9.38. The zero-order valence-electron chi connectivity index (χ0n) is 28.3. The molecule has 6 saturated carbocycles. The van der Waals surface area contributed by atoms with E-state index in [0.717, 1.165) is 76.1 Å². The summed E-state index contributed by atoms with van der Waals surface area (Å²) in [5, 5.41) is 10.2. The van der Waals surface area contributed by atoms with Crippen molar-refractivity contribution in [2.24, 2.45) is 39.4 Å². The molecule has 2 N–H and O–H groups in total. The fourth-order valence-corrected chi connectivity index (χ4v) is 11.9. The number of nitrogens with zero attached hydrogens (tertiary/aromatic N) is 1. The first-order valence-electron chi connectivity index (χ1n) is 17.5. The Morgan fingerprint density at radius 2 is 1.74 bits per heavy atom. The number of ether oxygens (including phenoxy) is 1. The minimum atomic E-state index is -0.637. The molecule has 0 aliphatic heterocycles. The van der Waals surface area contributed by atoms with Gasteiger partial charge < -0.3 is 20.4 Å². The molecule has 8 nitrogen and oxygen atoms in total. The van der Waals surface area contributed by atoms with Gasteiger partial charge in [-0.15, -0.1) is 0 Å². The van der Waals surface area contributed by atoms with E-state index in [2.05, 4.69) is 61.5 Å². The molecule has 6 atom stereocenters. The summed E-state index contributed by atoms with van der Waals surface area (Å²) >= 11 is 0. The summed E-state index contributed by atoms with van der Waals surface area (Å²) in [5.41, 5.74) is 2.81. The van der Waals surface area contributed by atoms with E-state index >= 15 is 0 Å². The van der Waals surface area contributed by atoms with Crippen molar-refractivity contribution in [3.8, 4) is 0 Å². The largest absolute Gasteiger partial charge is 0.458 e. The van der Waals surface area contributed by atoms with Gasteiger partial charge >= 0.3 is 5.97 Å². The Labute approximate surface area is 278 Å².